The first-order valence-corrected chi connectivity index (χ1v) is 15.9. The Kier molecular flexibility index (Phi) is 11.6. The third kappa shape index (κ3) is 8.50. The van der Waals surface area contributed by atoms with Gasteiger partial charge in [-0.25, -0.2) is 9.59 Å². The maximum Gasteiger partial charge on any atom is 0.407 e. The molecule has 0 bridgehead atoms. The minimum Gasteiger partial charge on any atom is -0.468 e. The zero-order valence-corrected chi connectivity index (χ0v) is 27.1. The molecule has 12 nitrogen and oxygen atoms in total. The van der Waals surface area contributed by atoms with Crippen LogP contribution in [0.3, 0.4) is 0 Å². The van der Waals surface area contributed by atoms with Crippen LogP contribution in [0.25, 0.3) is 0 Å². The van der Waals surface area contributed by atoms with Crippen LogP contribution in [0.4, 0.5) is 4.79 Å². The van der Waals surface area contributed by atoms with Gasteiger partial charge in [0.05, 0.1) is 17.2 Å². The van der Waals surface area contributed by atoms with Crippen LogP contribution in [0, 0.1) is 0 Å². The highest BCUT2D eigenvalue weighted by Gasteiger charge is 2.33. The molecule has 0 unspecified atom stereocenters. The summed E-state index contributed by atoms with van der Waals surface area (Å²) in [6.45, 7) is 0.240. The van der Waals surface area contributed by atoms with Crippen molar-refractivity contribution in [2.45, 2.75) is 50.7 Å². The standard InChI is InChI=1S/C36H40N2O10/c1-44-21-46-28-15-13-24(14-16-28)34(40)37-30-20-38(36(42)43)17-5-8-31(30)48-35(41)25-11-9-23(10-12-25)33(39)29-18-26-6-3-4-7-27(26)19-32(29)47-22-45-2/h9-16,18-19,30-31H,3-8,17,20-22H2,1-2H3,(H,37,40)(H,42,43)/t30-,31-/m1/s1. The zero-order valence-electron chi connectivity index (χ0n) is 27.1. The Morgan fingerprint density at radius 2 is 1.44 bits per heavy atom. The lowest BCUT2D eigenvalue weighted by Crippen LogP contribution is -2.51. The fourth-order valence-electron chi connectivity index (χ4n) is 5.97. The molecule has 2 amide bonds. The van der Waals surface area contributed by atoms with Gasteiger partial charge in [0.2, 0.25) is 0 Å². The van der Waals surface area contributed by atoms with Crippen LogP contribution in [-0.2, 0) is 27.1 Å². The SMILES string of the molecule is COCOc1ccc(C(=O)N[C@@H]2CN(C(=O)O)CCC[C@H]2OC(=O)c2ccc(C(=O)c3cc4c(cc3OCOC)CCCC4)cc2)cc1. The average Bonchev–Trinajstić information content (AvgIpc) is 3.31. The van der Waals surface area contributed by atoms with Gasteiger partial charge in [-0.1, -0.05) is 12.1 Å². The topological polar surface area (TPSA) is 150 Å². The van der Waals surface area contributed by atoms with Gasteiger partial charge in [0.15, 0.2) is 19.4 Å². The lowest BCUT2D eigenvalue weighted by molar-refractivity contribution is 0.0179. The summed E-state index contributed by atoms with van der Waals surface area (Å²) < 4.78 is 27.0. The van der Waals surface area contributed by atoms with Gasteiger partial charge < -0.3 is 39.0 Å². The number of nitrogens with zero attached hydrogens (tertiary/aromatic N) is 1. The largest absolute Gasteiger partial charge is 0.468 e. The highest BCUT2D eigenvalue weighted by molar-refractivity contribution is 6.11. The number of ketones is 1. The first-order valence-electron chi connectivity index (χ1n) is 15.9. The molecule has 2 aliphatic rings. The molecule has 1 saturated heterocycles. The maximum atomic E-state index is 13.6. The number of carboxylic acid groups (broad SMARTS) is 1. The molecule has 0 aromatic heterocycles. The van der Waals surface area contributed by atoms with Crippen molar-refractivity contribution in [2.24, 2.45) is 0 Å². The van der Waals surface area contributed by atoms with Crippen molar-refractivity contribution in [3.63, 3.8) is 0 Å². The first kappa shape index (κ1) is 34.4. The second-order valence-electron chi connectivity index (χ2n) is 11.8. The monoisotopic (exact) mass is 660 g/mol. The number of nitrogens with one attached hydrogen (secondary N) is 1. The van der Waals surface area contributed by atoms with Crippen molar-refractivity contribution in [1.29, 1.82) is 0 Å². The molecular weight excluding hydrogens is 620 g/mol. The number of hydrogen-bond donors (Lipinski definition) is 2. The summed E-state index contributed by atoms with van der Waals surface area (Å²) in [5, 5.41) is 12.6. The molecule has 2 atom stereocenters. The molecule has 5 rings (SSSR count). The quantitative estimate of drug-likeness (QED) is 0.157. The Morgan fingerprint density at radius 3 is 2.10 bits per heavy atom. The summed E-state index contributed by atoms with van der Waals surface area (Å²) in [6, 6.07) is 15.6. The van der Waals surface area contributed by atoms with Crippen molar-refractivity contribution < 1.29 is 48.0 Å². The predicted octanol–water partition coefficient (Wildman–Crippen LogP) is 4.86. The number of carbonyl (C=O) groups excluding carboxylic acids is 3. The highest BCUT2D eigenvalue weighted by Crippen LogP contribution is 2.31. The molecule has 48 heavy (non-hydrogen) atoms. The van der Waals surface area contributed by atoms with Crippen molar-refractivity contribution in [3.8, 4) is 11.5 Å². The third-order valence-corrected chi connectivity index (χ3v) is 8.49. The van der Waals surface area contributed by atoms with Gasteiger partial charge >= 0.3 is 12.1 Å². The summed E-state index contributed by atoms with van der Waals surface area (Å²) in [5.41, 5.74) is 3.65. The van der Waals surface area contributed by atoms with E-state index in [0.29, 0.717) is 41.0 Å². The smallest absolute Gasteiger partial charge is 0.407 e. The van der Waals surface area contributed by atoms with Gasteiger partial charge in [0.1, 0.15) is 17.6 Å². The number of amides is 2. The molecule has 3 aromatic rings. The molecule has 1 aliphatic carbocycles. The number of ether oxygens (including phenoxy) is 5. The summed E-state index contributed by atoms with van der Waals surface area (Å²) >= 11 is 0. The maximum absolute atomic E-state index is 13.6. The number of aryl methyl sites for hydroxylation is 2. The Balaban J connectivity index is 1.30. The second kappa shape index (κ2) is 16.2. The van der Waals surface area contributed by atoms with E-state index in [1.54, 1.807) is 36.4 Å². The van der Waals surface area contributed by atoms with Crippen LogP contribution in [0.1, 0.15) is 73.4 Å². The zero-order chi connectivity index (χ0) is 34.0. The lowest BCUT2D eigenvalue weighted by Gasteiger charge is -2.28. The summed E-state index contributed by atoms with van der Waals surface area (Å²) in [6.07, 6.45) is 2.83. The Morgan fingerprint density at radius 1 is 0.812 bits per heavy atom. The molecule has 2 N–H and O–H groups in total. The molecule has 12 heteroatoms. The number of likely N-dealkylation sites (tertiary alicyclic amines) is 1. The van der Waals surface area contributed by atoms with Crippen LogP contribution in [0.5, 0.6) is 11.5 Å². The number of esters is 1. The fraction of sp³-hybridized carbons (Fsp3) is 0.389. The van der Waals surface area contributed by atoms with Gasteiger partial charge in [-0.15, -0.1) is 0 Å². The van der Waals surface area contributed by atoms with E-state index in [9.17, 15) is 24.3 Å². The second-order valence-corrected chi connectivity index (χ2v) is 11.8. The number of carbonyl (C=O) groups is 4. The molecule has 0 saturated carbocycles. The van der Waals surface area contributed by atoms with Crippen LogP contribution in [0.2, 0.25) is 0 Å². The number of rotatable bonds is 12. The minimum atomic E-state index is -1.13. The van der Waals surface area contributed by atoms with Crippen LogP contribution in [0.15, 0.2) is 60.7 Å². The molecule has 0 spiro atoms. The van der Waals surface area contributed by atoms with Gasteiger partial charge in [0.25, 0.3) is 5.91 Å². The Hall–Kier alpha value is -4.94. The molecule has 1 aliphatic heterocycles. The fourth-order valence-corrected chi connectivity index (χ4v) is 5.97. The Labute approximate surface area is 278 Å². The van der Waals surface area contributed by atoms with Crippen molar-refractivity contribution in [3.05, 3.63) is 94.0 Å². The van der Waals surface area contributed by atoms with E-state index in [4.69, 9.17) is 23.7 Å². The van der Waals surface area contributed by atoms with Crippen LogP contribution < -0.4 is 14.8 Å². The number of fused-ring (bicyclic) bond motifs is 1. The van der Waals surface area contributed by atoms with E-state index in [1.165, 1.54) is 36.8 Å². The average molecular weight is 661 g/mol. The molecule has 1 heterocycles. The van der Waals surface area contributed by atoms with E-state index in [-0.39, 0.29) is 38.0 Å². The van der Waals surface area contributed by atoms with Gasteiger partial charge in [-0.2, -0.15) is 0 Å². The van der Waals surface area contributed by atoms with Gasteiger partial charge in [-0.05, 0) is 98.2 Å². The normalized spacial score (nSPS) is 17.4. The van der Waals surface area contributed by atoms with E-state index in [2.05, 4.69) is 5.32 Å². The molecule has 254 valence electrons. The van der Waals surface area contributed by atoms with Crippen LogP contribution in [-0.4, -0.2) is 86.8 Å². The number of hydrogen-bond acceptors (Lipinski definition) is 9. The molecule has 3 aromatic carbocycles. The van der Waals surface area contributed by atoms with E-state index in [0.717, 1.165) is 31.2 Å². The molecule has 1 fully saturated rings. The van der Waals surface area contributed by atoms with E-state index >= 15 is 0 Å². The van der Waals surface area contributed by atoms with Crippen molar-refractivity contribution in [1.82, 2.24) is 10.2 Å². The number of benzene rings is 3. The summed E-state index contributed by atoms with van der Waals surface area (Å²) in [5.74, 6) is -0.377. The summed E-state index contributed by atoms with van der Waals surface area (Å²) in [4.78, 5) is 53.2. The lowest BCUT2D eigenvalue weighted by atomic mass is 9.88. The highest BCUT2D eigenvalue weighted by atomic mass is 16.7. The first-order chi connectivity index (χ1) is 23.3. The third-order valence-electron chi connectivity index (χ3n) is 8.49. The van der Waals surface area contributed by atoms with E-state index in [1.807, 2.05) is 12.1 Å². The van der Waals surface area contributed by atoms with Crippen molar-refractivity contribution >= 4 is 23.8 Å². The van der Waals surface area contributed by atoms with Gasteiger partial charge in [-0.3, -0.25) is 9.59 Å². The summed E-state index contributed by atoms with van der Waals surface area (Å²) in [7, 11) is 3.02. The minimum absolute atomic E-state index is 0.00675. The van der Waals surface area contributed by atoms with E-state index < -0.39 is 30.1 Å². The van der Waals surface area contributed by atoms with Crippen LogP contribution >= 0.6 is 0 Å². The predicted molar refractivity (Wildman–Crippen MR) is 174 cm³/mol. The van der Waals surface area contributed by atoms with Gasteiger partial charge in [0, 0.05) is 38.4 Å². The molecular formula is C36H40N2O10. The Bertz CT molecular complexity index is 1610. The molecule has 0 radical (unpaired) electrons. The van der Waals surface area contributed by atoms with Crippen molar-refractivity contribution in [2.75, 3.05) is 40.9 Å². The number of methoxy groups -OCH3 is 2.